The van der Waals surface area contributed by atoms with Gasteiger partial charge in [0.05, 0.1) is 0 Å². The first-order chi connectivity index (χ1) is 0. The van der Waals surface area contributed by atoms with E-state index in [2.05, 4.69) is 0 Å². The van der Waals surface area contributed by atoms with E-state index in [0.29, 0.717) is 0 Å². The Labute approximate surface area is 51.0 Å². The van der Waals surface area contributed by atoms with Gasteiger partial charge in [0.1, 0.15) is 0 Å². The van der Waals surface area contributed by atoms with Crippen molar-refractivity contribution in [1.29, 1.82) is 0 Å². The van der Waals surface area contributed by atoms with Crippen LogP contribution in [0, 0.1) is 0 Å². The van der Waals surface area contributed by atoms with Gasteiger partial charge in [0.2, 0.25) is 0 Å². The molecule has 5 heteroatoms. The van der Waals surface area contributed by atoms with Gasteiger partial charge in [0.25, 0.3) is 0 Å². The summed E-state index contributed by atoms with van der Waals surface area (Å²) < 4.78 is 0. The van der Waals surface area contributed by atoms with Gasteiger partial charge in [-0.05, 0) is 0 Å². The average molecular weight is 185 g/mol. The molecule has 0 spiro atoms. The van der Waals surface area contributed by atoms with Crippen molar-refractivity contribution < 1.29 is 32.0 Å². The van der Waals surface area contributed by atoms with Crippen molar-refractivity contribution in [3.05, 3.63) is 0 Å². The van der Waals surface area contributed by atoms with Crippen molar-refractivity contribution in [1.82, 2.24) is 6.15 Å². The Morgan fingerprint density at radius 2 is 0.800 bits per heavy atom. The molecule has 38 valence electrons. The molecule has 0 aliphatic heterocycles. The Balaban J connectivity index is 0. The summed E-state index contributed by atoms with van der Waals surface area (Å²) in [5, 5.41) is 0. The minimum absolute atomic E-state index is 0. The Morgan fingerprint density at radius 1 is 0.800 bits per heavy atom. The molecule has 0 radical (unpaired) electrons. The molecule has 0 aromatic carbocycles. The van der Waals surface area contributed by atoms with Crippen molar-refractivity contribution in [2.45, 2.75) is 0 Å². The predicted molar refractivity (Wildman–Crippen MR) is 19.5 cm³/mol. The van der Waals surface area contributed by atoms with E-state index in [0.717, 1.165) is 0 Å². The number of hydrogen-bond acceptors (Lipinski definition) is 1. The van der Waals surface area contributed by atoms with Crippen LogP contribution in [0.1, 0.15) is 0 Å². The van der Waals surface area contributed by atoms with Gasteiger partial charge in [-0.3, -0.25) is 0 Å². The van der Waals surface area contributed by atoms with Crippen LogP contribution in [0.25, 0.3) is 0 Å². The molecule has 0 aromatic rings. The molecule has 0 heterocycles. The van der Waals surface area contributed by atoms with E-state index >= 15 is 0 Å². The SMILES string of the molecule is Cl.N.O.O.[Mo]. The Hall–Kier alpha value is 0.858. The quantitative estimate of drug-likeness (QED) is 0.478. The van der Waals surface area contributed by atoms with Crippen LogP contribution in [0.3, 0.4) is 0 Å². The zero-order valence-corrected chi connectivity index (χ0v) is 5.35. The van der Waals surface area contributed by atoms with Crippen molar-refractivity contribution in [3.8, 4) is 0 Å². The molecular formula is H8ClMoNO2. The van der Waals surface area contributed by atoms with Crippen molar-refractivity contribution in [2.24, 2.45) is 0 Å². The van der Waals surface area contributed by atoms with Gasteiger partial charge in [-0.1, -0.05) is 0 Å². The fraction of sp³-hybridized carbons (Fsp3) is 0. The Morgan fingerprint density at radius 3 is 0.800 bits per heavy atom. The Bertz CT molecular complexity index is 9.61. The van der Waals surface area contributed by atoms with Gasteiger partial charge in [-0.15, -0.1) is 12.4 Å². The molecule has 0 saturated carbocycles. The summed E-state index contributed by atoms with van der Waals surface area (Å²) in [7, 11) is 0. The van der Waals surface area contributed by atoms with Crippen LogP contribution in [0.15, 0.2) is 0 Å². The van der Waals surface area contributed by atoms with Crippen molar-refractivity contribution >= 4 is 12.4 Å². The van der Waals surface area contributed by atoms with E-state index in [1.807, 2.05) is 0 Å². The van der Waals surface area contributed by atoms with Crippen LogP contribution in [0.5, 0.6) is 0 Å². The average Bonchev–Trinajstić information content (AvgIpc) is 0. The fourth-order valence-electron chi connectivity index (χ4n) is 0. The zero-order chi connectivity index (χ0) is 0. The normalized spacial score (nSPS) is 0. The first kappa shape index (κ1) is 188. The van der Waals surface area contributed by atoms with E-state index in [4.69, 9.17) is 0 Å². The van der Waals surface area contributed by atoms with Gasteiger partial charge in [-0.2, -0.15) is 0 Å². The summed E-state index contributed by atoms with van der Waals surface area (Å²) >= 11 is 0. The largest absolute Gasteiger partial charge is 0.412 e. The summed E-state index contributed by atoms with van der Waals surface area (Å²) in [6, 6.07) is 0. The molecule has 0 saturated heterocycles. The molecule has 5 heavy (non-hydrogen) atoms. The zero-order valence-electron chi connectivity index (χ0n) is 2.52. The van der Waals surface area contributed by atoms with Gasteiger partial charge >= 0.3 is 0 Å². The molecule has 0 fully saturated rings. The van der Waals surface area contributed by atoms with Gasteiger partial charge in [-0.25, -0.2) is 0 Å². The van der Waals surface area contributed by atoms with E-state index < -0.39 is 0 Å². The van der Waals surface area contributed by atoms with E-state index in [1.165, 1.54) is 0 Å². The first-order valence-electron chi connectivity index (χ1n) is 0. The summed E-state index contributed by atoms with van der Waals surface area (Å²) in [4.78, 5) is 0. The molecule has 7 N–H and O–H groups in total. The van der Waals surface area contributed by atoms with Gasteiger partial charge in [0.15, 0.2) is 0 Å². The summed E-state index contributed by atoms with van der Waals surface area (Å²) in [6.45, 7) is 0. The third-order valence-electron chi connectivity index (χ3n) is 0. The van der Waals surface area contributed by atoms with E-state index in [-0.39, 0.29) is 50.6 Å². The smallest absolute Gasteiger partial charge is 0 e. The molecule has 0 unspecified atom stereocenters. The molecular weight excluding hydrogens is 177 g/mol. The van der Waals surface area contributed by atoms with Crippen LogP contribution >= 0.6 is 12.4 Å². The summed E-state index contributed by atoms with van der Waals surface area (Å²) in [5.74, 6) is 0. The van der Waals surface area contributed by atoms with Crippen LogP contribution < -0.4 is 6.15 Å². The molecule has 0 aromatic heterocycles. The van der Waals surface area contributed by atoms with Crippen molar-refractivity contribution in [2.75, 3.05) is 0 Å². The number of rotatable bonds is 0. The van der Waals surface area contributed by atoms with Crippen LogP contribution in [-0.4, -0.2) is 11.0 Å². The molecule has 0 amide bonds. The summed E-state index contributed by atoms with van der Waals surface area (Å²) in [5.41, 5.74) is 0. The minimum Gasteiger partial charge on any atom is -0.412 e. The maximum Gasteiger partial charge on any atom is 0 e. The van der Waals surface area contributed by atoms with Gasteiger partial charge < -0.3 is 17.1 Å². The maximum absolute atomic E-state index is 0. The monoisotopic (exact) mass is 187 g/mol. The van der Waals surface area contributed by atoms with Crippen LogP contribution in [0.4, 0.5) is 0 Å². The second-order valence-corrected chi connectivity index (χ2v) is 0. The predicted octanol–water partition coefficient (Wildman–Crippen LogP) is -1.07. The molecule has 0 atom stereocenters. The number of halogens is 1. The van der Waals surface area contributed by atoms with E-state index in [9.17, 15) is 0 Å². The second kappa shape index (κ2) is 98.2. The third-order valence-corrected chi connectivity index (χ3v) is 0. The van der Waals surface area contributed by atoms with Crippen LogP contribution in [0.2, 0.25) is 0 Å². The topological polar surface area (TPSA) is 98.0 Å². The van der Waals surface area contributed by atoms with Crippen LogP contribution in [-0.2, 0) is 21.1 Å². The molecule has 0 aliphatic rings. The third kappa shape index (κ3) is 53.9. The molecule has 3 nitrogen and oxygen atoms in total. The van der Waals surface area contributed by atoms with E-state index in [1.54, 1.807) is 0 Å². The Kier molecular flexibility index (Phi) is 3690. The molecule has 0 aliphatic carbocycles. The summed E-state index contributed by atoms with van der Waals surface area (Å²) in [6.07, 6.45) is 0. The molecule has 0 rings (SSSR count). The number of hydrogen-bond donors (Lipinski definition) is 1. The van der Waals surface area contributed by atoms with Gasteiger partial charge in [0, 0.05) is 21.1 Å². The van der Waals surface area contributed by atoms with Crippen molar-refractivity contribution in [3.63, 3.8) is 0 Å². The maximum atomic E-state index is 0. The first-order valence-corrected chi connectivity index (χ1v) is 0. The molecule has 0 bridgehead atoms. The second-order valence-electron chi connectivity index (χ2n) is 0. The minimum atomic E-state index is 0. The standard InChI is InChI=1S/ClH.Mo.H3N.2H2O/h1H;;1H3;2*1H2. The fourth-order valence-corrected chi connectivity index (χ4v) is 0.